The fourth-order valence-electron chi connectivity index (χ4n) is 3.13. The van der Waals surface area contributed by atoms with Crippen LogP contribution in [0.1, 0.15) is 19.1 Å². The molecule has 3 heteroatoms. The SMILES string of the molecule is C[C@@H](CCc1ccco1)Nc1c2ccccc2nc2ccccc12. The summed E-state index contributed by atoms with van der Waals surface area (Å²) in [5.41, 5.74) is 3.22. The highest BCUT2D eigenvalue weighted by atomic mass is 16.3. The first-order valence-electron chi connectivity index (χ1n) is 8.37. The van der Waals surface area contributed by atoms with Gasteiger partial charge in [0, 0.05) is 23.2 Å². The van der Waals surface area contributed by atoms with Crippen molar-refractivity contribution < 1.29 is 4.42 Å². The number of rotatable bonds is 5. The summed E-state index contributed by atoms with van der Waals surface area (Å²) in [5, 5.41) is 6.04. The molecule has 1 N–H and O–H groups in total. The average molecular weight is 316 g/mol. The smallest absolute Gasteiger partial charge is 0.103 e. The first kappa shape index (κ1) is 14.8. The Morgan fingerprint density at radius 2 is 1.58 bits per heavy atom. The van der Waals surface area contributed by atoms with Gasteiger partial charge in [-0.15, -0.1) is 0 Å². The number of nitrogens with one attached hydrogen (secondary N) is 1. The molecule has 4 rings (SSSR count). The van der Waals surface area contributed by atoms with Crippen molar-refractivity contribution in [1.29, 1.82) is 0 Å². The Morgan fingerprint density at radius 1 is 0.917 bits per heavy atom. The summed E-state index contributed by atoms with van der Waals surface area (Å²) in [5.74, 6) is 1.04. The van der Waals surface area contributed by atoms with Gasteiger partial charge in [0.25, 0.3) is 0 Å². The van der Waals surface area contributed by atoms with E-state index >= 15 is 0 Å². The summed E-state index contributed by atoms with van der Waals surface area (Å²) < 4.78 is 5.44. The molecule has 0 bridgehead atoms. The van der Waals surface area contributed by atoms with Crippen LogP contribution < -0.4 is 5.32 Å². The Balaban J connectivity index is 1.68. The summed E-state index contributed by atoms with van der Waals surface area (Å²) >= 11 is 0. The first-order chi connectivity index (χ1) is 11.8. The zero-order valence-corrected chi connectivity index (χ0v) is 13.7. The molecule has 3 nitrogen and oxygen atoms in total. The Hall–Kier alpha value is -2.81. The molecular formula is C21H20N2O. The second kappa shape index (κ2) is 6.36. The van der Waals surface area contributed by atoms with Gasteiger partial charge in [-0.25, -0.2) is 4.98 Å². The van der Waals surface area contributed by atoms with Gasteiger partial charge in [-0.2, -0.15) is 0 Å². The summed E-state index contributed by atoms with van der Waals surface area (Å²) in [6.07, 6.45) is 3.68. The molecule has 0 unspecified atom stereocenters. The Kier molecular flexibility index (Phi) is 3.91. The molecule has 2 aromatic heterocycles. The maximum Gasteiger partial charge on any atom is 0.103 e. The molecule has 0 amide bonds. The lowest BCUT2D eigenvalue weighted by atomic mass is 10.1. The molecule has 0 spiro atoms. The molecule has 4 aromatic rings. The van der Waals surface area contributed by atoms with Crippen LogP contribution in [0, 0.1) is 0 Å². The second-order valence-electron chi connectivity index (χ2n) is 6.18. The number of furan rings is 1. The number of benzene rings is 2. The molecule has 1 atom stereocenters. The second-order valence-corrected chi connectivity index (χ2v) is 6.18. The number of aromatic nitrogens is 1. The molecule has 0 saturated carbocycles. The van der Waals surface area contributed by atoms with Crippen molar-refractivity contribution in [2.45, 2.75) is 25.8 Å². The van der Waals surface area contributed by atoms with E-state index in [4.69, 9.17) is 9.40 Å². The number of anilines is 1. The number of hydrogen-bond donors (Lipinski definition) is 1. The van der Waals surface area contributed by atoms with E-state index in [1.807, 2.05) is 24.3 Å². The van der Waals surface area contributed by atoms with Crippen LogP contribution in [0.2, 0.25) is 0 Å². The highest BCUT2D eigenvalue weighted by Crippen LogP contribution is 2.31. The van der Waals surface area contributed by atoms with Crippen LogP contribution in [0.4, 0.5) is 5.69 Å². The number of nitrogens with zero attached hydrogens (tertiary/aromatic N) is 1. The fraction of sp³-hybridized carbons (Fsp3) is 0.190. The average Bonchev–Trinajstić information content (AvgIpc) is 3.13. The highest BCUT2D eigenvalue weighted by molar-refractivity contribution is 6.07. The third-order valence-electron chi connectivity index (χ3n) is 4.38. The largest absolute Gasteiger partial charge is 0.469 e. The third-order valence-corrected chi connectivity index (χ3v) is 4.38. The van der Waals surface area contributed by atoms with Gasteiger partial charge in [-0.1, -0.05) is 36.4 Å². The van der Waals surface area contributed by atoms with Crippen LogP contribution in [-0.2, 0) is 6.42 Å². The molecular weight excluding hydrogens is 296 g/mol. The third kappa shape index (κ3) is 2.85. The minimum Gasteiger partial charge on any atom is -0.469 e. The van der Waals surface area contributed by atoms with E-state index in [-0.39, 0.29) is 0 Å². The number of aryl methyl sites for hydroxylation is 1. The van der Waals surface area contributed by atoms with Crippen molar-refractivity contribution in [3.63, 3.8) is 0 Å². The predicted octanol–water partition coefficient (Wildman–Crippen LogP) is 5.41. The van der Waals surface area contributed by atoms with Gasteiger partial charge < -0.3 is 9.73 Å². The van der Waals surface area contributed by atoms with Crippen LogP contribution >= 0.6 is 0 Å². The molecule has 0 radical (unpaired) electrons. The van der Waals surface area contributed by atoms with E-state index in [9.17, 15) is 0 Å². The van der Waals surface area contributed by atoms with Crippen molar-refractivity contribution in [1.82, 2.24) is 4.98 Å². The van der Waals surface area contributed by atoms with Gasteiger partial charge >= 0.3 is 0 Å². The van der Waals surface area contributed by atoms with E-state index in [1.165, 1.54) is 16.5 Å². The lowest BCUT2D eigenvalue weighted by Gasteiger charge is -2.18. The van der Waals surface area contributed by atoms with Crippen LogP contribution in [-0.4, -0.2) is 11.0 Å². The summed E-state index contributed by atoms with van der Waals surface area (Å²) in [6, 6.07) is 20.9. The van der Waals surface area contributed by atoms with Crippen molar-refractivity contribution >= 4 is 27.5 Å². The number of hydrogen-bond acceptors (Lipinski definition) is 3. The number of pyridine rings is 1. The first-order valence-corrected chi connectivity index (χ1v) is 8.37. The Bertz CT molecular complexity index is 906. The van der Waals surface area contributed by atoms with Crippen molar-refractivity contribution in [2.75, 3.05) is 5.32 Å². The molecule has 0 aliphatic rings. The molecule has 0 aliphatic carbocycles. The molecule has 2 aromatic carbocycles. The lowest BCUT2D eigenvalue weighted by molar-refractivity contribution is 0.495. The minimum absolute atomic E-state index is 0.337. The van der Waals surface area contributed by atoms with Gasteiger partial charge in [0.1, 0.15) is 5.76 Å². The highest BCUT2D eigenvalue weighted by Gasteiger charge is 2.11. The van der Waals surface area contributed by atoms with E-state index in [0.29, 0.717) is 6.04 Å². The lowest BCUT2D eigenvalue weighted by Crippen LogP contribution is -2.16. The van der Waals surface area contributed by atoms with Crippen molar-refractivity contribution in [2.24, 2.45) is 0 Å². The van der Waals surface area contributed by atoms with Gasteiger partial charge in [0.15, 0.2) is 0 Å². The van der Waals surface area contributed by atoms with Gasteiger partial charge in [-0.05, 0) is 37.6 Å². The van der Waals surface area contributed by atoms with Gasteiger partial charge in [0.2, 0.25) is 0 Å². The molecule has 120 valence electrons. The maximum atomic E-state index is 5.44. The Labute approximate surface area is 141 Å². The van der Waals surface area contributed by atoms with Crippen molar-refractivity contribution in [3.8, 4) is 0 Å². The molecule has 0 aliphatic heterocycles. The quantitative estimate of drug-likeness (QED) is 0.500. The molecule has 0 saturated heterocycles. The predicted molar refractivity (Wildman–Crippen MR) is 99.4 cm³/mol. The van der Waals surface area contributed by atoms with Gasteiger partial charge in [-0.3, -0.25) is 0 Å². The maximum absolute atomic E-state index is 5.44. The minimum atomic E-state index is 0.337. The van der Waals surface area contributed by atoms with Crippen LogP contribution in [0.5, 0.6) is 0 Å². The Morgan fingerprint density at radius 3 is 2.21 bits per heavy atom. The van der Waals surface area contributed by atoms with Crippen LogP contribution in [0.15, 0.2) is 71.3 Å². The molecule has 24 heavy (non-hydrogen) atoms. The van der Waals surface area contributed by atoms with Gasteiger partial charge in [0.05, 0.1) is 23.0 Å². The van der Waals surface area contributed by atoms with E-state index < -0.39 is 0 Å². The van der Waals surface area contributed by atoms with Crippen LogP contribution in [0.3, 0.4) is 0 Å². The number of fused-ring (bicyclic) bond motifs is 2. The monoisotopic (exact) mass is 316 g/mol. The molecule has 0 fully saturated rings. The number of para-hydroxylation sites is 2. The summed E-state index contributed by atoms with van der Waals surface area (Å²) in [6.45, 7) is 2.22. The summed E-state index contributed by atoms with van der Waals surface area (Å²) in [7, 11) is 0. The fourth-order valence-corrected chi connectivity index (χ4v) is 3.13. The van der Waals surface area contributed by atoms with E-state index in [2.05, 4.69) is 48.6 Å². The van der Waals surface area contributed by atoms with E-state index in [0.717, 1.165) is 29.6 Å². The summed E-state index contributed by atoms with van der Waals surface area (Å²) in [4.78, 5) is 4.78. The van der Waals surface area contributed by atoms with E-state index in [1.54, 1.807) is 6.26 Å². The standard InChI is InChI=1S/C21H20N2O/c1-15(12-13-16-7-6-14-24-16)22-21-17-8-2-4-10-19(17)23-20-11-5-3-9-18(20)21/h2-11,14-15H,12-13H2,1H3,(H,22,23)/t15-/m0/s1. The molecule has 2 heterocycles. The topological polar surface area (TPSA) is 38.1 Å². The van der Waals surface area contributed by atoms with Crippen LogP contribution in [0.25, 0.3) is 21.8 Å². The zero-order chi connectivity index (χ0) is 16.4. The van der Waals surface area contributed by atoms with Crippen molar-refractivity contribution in [3.05, 3.63) is 72.7 Å². The zero-order valence-electron chi connectivity index (χ0n) is 13.7. The normalized spacial score (nSPS) is 12.5.